The quantitative estimate of drug-likeness (QED) is 0.286. The van der Waals surface area contributed by atoms with E-state index < -0.39 is 44.9 Å². The second-order valence-electron chi connectivity index (χ2n) is 14.0. The van der Waals surface area contributed by atoms with Crippen molar-refractivity contribution in [3.05, 3.63) is 47.5 Å². The summed E-state index contributed by atoms with van der Waals surface area (Å²) in [5.74, 6) is -1.36. The fourth-order valence-electron chi connectivity index (χ4n) is 5.91. The minimum Gasteiger partial charge on any atom is -0.342 e. The first-order valence-corrected chi connectivity index (χ1v) is 17.0. The van der Waals surface area contributed by atoms with Crippen molar-refractivity contribution < 1.29 is 22.8 Å². The molecule has 0 radical (unpaired) electrons. The van der Waals surface area contributed by atoms with Crippen molar-refractivity contribution in [2.75, 3.05) is 19.8 Å². The van der Waals surface area contributed by atoms with Gasteiger partial charge in [-0.1, -0.05) is 97.7 Å². The van der Waals surface area contributed by atoms with E-state index in [0.717, 1.165) is 31.2 Å². The Hall–Kier alpha value is -2.72. The van der Waals surface area contributed by atoms with Gasteiger partial charge in [0.15, 0.2) is 0 Å². The number of carbonyl (C=O) groups excluding carboxylic acids is 3. The van der Waals surface area contributed by atoms with Gasteiger partial charge in [-0.05, 0) is 49.6 Å². The molecular weight excluding hydrogens is 564 g/mol. The monoisotopic (exact) mass is 618 g/mol. The number of amides is 3. The Balaban J connectivity index is 2.27. The van der Waals surface area contributed by atoms with Crippen LogP contribution in [0.2, 0.25) is 0 Å². The minimum atomic E-state index is -3.77. The zero-order valence-electron chi connectivity index (χ0n) is 27.8. The molecule has 3 atom stereocenters. The van der Waals surface area contributed by atoms with Crippen LogP contribution in [0.5, 0.6) is 0 Å². The van der Waals surface area contributed by atoms with Gasteiger partial charge in [0.05, 0.1) is 17.8 Å². The standard InChI is InChI=1S/C33H54N4O5S/c1-22(2)26(20-23(3)29(38)36-43(41,42)21-24-16-14-15-17-24)37(10)31(40)28(32(4,5)6)35-30(39)27(34-9)33(7,8)25-18-12-11-13-19-25/h11-13,18-20,22,24,26-28,34H,14-17,21H2,1-10H3,(H,35,39)(H,36,38)/b23-20+/t26-,27-,28-/m1/s1. The molecule has 0 aliphatic heterocycles. The lowest BCUT2D eigenvalue weighted by Crippen LogP contribution is -2.61. The topological polar surface area (TPSA) is 125 Å². The van der Waals surface area contributed by atoms with E-state index in [1.165, 1.54) is 0 Å². The van der Waals surface area contributed by atoms with Crippen molar-refractivity contribution in [3.63, 3.8) is 0 Å². The van der Waals surface area contributed by atoms with Crippen LogP contribution in [-0.4, -0.2) is 69.0 Å². The average Bonchev–Trinajstić information content (AvgIpc) is 3.41. The van der Waals surface area contributed by atoms with E-state index in [9.17, 15) is 22.8 Å². The lowest BCUT2D eigenvalue weighted by molar-refractivity contribution is -0.140. The van der Waals surface area contributed by atoms with Crippen molar-refractivity contribution in [1.82, 2.24) is 20.3 Å². The molecule has 242 valence electrons. The molecule has 1 fully saturated rings. The summed E-state index contributed by atoms with van der Waals surface area (Å²) in [6.07, 6.45) is 5.38. The predicted octanol–water partition coefficient (Wildman–Crippen LogP) is 4.15. The number of nitrogens with one attached hydrogen (secondary N) is 3. The first-order valence-electron chi connectivity index (χ1n) is 15.3. The maximum absolute atomic E-state index is 14.0. The summed E-state index contributed by atoms with van der Waals surface area (Å²) in [7, 11) is -0.380. The highest BCUT2D eigenvalue weighted by Gasteiger charge is 2.41. The summed E-state index contributed by atoms with van der Waals surface area (Å²) < 4.78 is 27.5. The first kappa shape index (κ1) is 36.5. The number of rotatable bonds is 13. The van der Waals surface area contributed by atoms with Crippen LogP contribution < -0.4 is 15.4 Å². The van der Waals surface area contributed by atoms with Gasteiger partial charge in [0, 0.05) is 18.0 Å². The van der Waals surface area contributed by atoms with E-state index in [-0.39, 0.29) is 35.0 Å². The van der Waals surface area contributed by atoms with Crippen LogP contribution in [0.25, 0.3) is 0 Å². The van der Waals surface area contributed by atoms with E-state index in [1.54, 1.807) is 32.0 Å². The van der Waals surface area contributed by atoms with Crippen LogP contribution >= 0.6 is 0 Å². The Kier molecular flexibility index (Phi) is 12.6. The van der Waals surface area contributed by atoms with Crippen LogP contribution in [0.15, 0.2) is 42.0 Å². The lowest BCUT2D eigenvalue weighted by Gasteiger charge is -2.40. The van der Waals surface area contributed by atoms with E-state index in [2.05, 4.69) is 15.4 Å². The Morgan fingerprint density at radius 2 is 1.56 bits per heavy atom. The molecule has 3 N–H and O–H groups in total. The maximum atomic E-state index is 14.0. The number of nitrogens with zero attached hydrogens (tertiary/aromatic N) is 1. The molecule has 0 heterocycles. The number of sulfonamides is 1. The Bertz CT molecular complexity index is 1250. The molecule has 1 aromatic carbocycles. The van der Waals surface area contributed by atoms with Crippen LogP contribution in [0.4, 0.5) is 0 Å². The number of hydrogen-bond donors (Lipinski definition) is 3. The lowest BCUT2D eigenvalue weighted by atomic mass is 9.76. The molecular formula is C33H54N4O5S. The molecule has 0 unspecified atom stereocenters. The van der Waals surface area contributed by atoms with Gasteiger partial charge in [0.25, 0.3) is 5.91 Å². The summed E-state index contributed by atoms with van der Waals surface area (Å²) in [6, 6.07) is 7.78. The van der Waals surface area contributed by atoms with E-state index >= 15 is 0 Å². The van der Waals surface area contributed by atoms with Crippen LogP contribution in [0.1, 0.15) is 86.6 Å². The zero-order valence-corrected chi connectivity index (χ0v) is 28.6. The number of carbonyl (C=O) groups is 3. The third-order valence-electron chi connectivity index (χ3n) is 8.62. The first-order chi connectivity index (χ1) is 19.8. The summed E-state index contributed by atoms with van der Waals surface area (Å²) >= 11 is 0. The van der Waals surface area contributed by atoms with Crippen LogP contribution in [0.3, 0.4) is 0 Å². The SMILES string of the molecule is CN[C@H](C(=O)N[C@H](C(=O)N(C)[C@H](/C=C(\C)C(=O)NS(=O)(=O)CC1CCCC1)C(C)C)C(C)(C)C)C(C)(C)c1ccccc1. The second kappa shape index (κ2) is 14.8. The molecule has 0 aromatic heterocycles. The van der Waals surface area contributed by atoms with E-state index in [1.807, 2.05) is 78.8 Å². The number of hydrogen-bond acceptors (Lipinski definition) is 6. The Labute approximate surface area is 259 Å². The molecule has 2 rings (SSSR count). The van der Waals surface area contributed by atoms with Gasteiger partial charge in [0.1, 0.15) is 6.04 Å². The third kappa shape index (κ3) is 9.89. The summed E-state index contributed by atoms with van der Waals surface area (Å²) in [5.41, 5.74) is 0.0135. The minimum absolute atomic E-state index is 0.0559. The highest BCUT2D eigenvalue weighted by Crippen LogP contribution is 2.29. The highest BCUT2D eigenvalue weighted by atomic mass is 32.2. The van der Waals surface area contributed by atoms with E-state index in [0.29, 0.717) is 0 Å². The van der Waals surface area contributed by atoms with Crippen molar-refractivity contribution >= 4 is 27.7 Å². The van der Waals surface area contributed by atoms with Crippen molar-refractivity contribution in [1.29, 1.82) is 0 Å². The highest BCUT2D eigenvalue weighted by molar-refractivity contribution is 7.90. The van der Waals surface area contributed by atoms with Crippen molar-refractivity contribution in [2.24, 2.45) is 17.3 Å². The number of benzene rings is 1. The molecule has 1 aromatic rings. The van der Waals surface area contributed by atoms with Gasteiger partial charge in [-0.25, -0.2) is 13.1 Å². The largest absolute Gasteiger partial charge is 0.342 e. The molecule has 9 nitrogen and oxygen atoms in total. The molecule has 1 aliphatic carbocycles. The normalized spacial score (nSPS) is 17.3. The van der Waals surface area contributed by atoms with E-state index in [4.69, 9.17) is 0 Å². The van der Waals surface area contributed by atoms with Crippen molar-refractivity contribution in [2.45, 2.75) is 105 Å². The second-order valence-corrected chi connectivity index (χ2v) is 15.8. The average molecular weight is 619 g/mol. The summed E-state index contributed by atoms with van der Waals surface area (Å²) in [6.45, 7) is 15.1. The van der Waals surface area contributed by atoms with Gasteiger partial charge in [-0.15, -0.1) is 0 Å². The third-order valence-corrected chi connectivity index (χ3v) is 10.0. The molecule has 3 amide bonds. The smallest absolute Gasteiger partial charge is 0.260 e. The Morgan fingerprint density at radius 3 is 2.05 bits per heavy atom. The molecule has 0 bridgehead atoms. The van der Waals surface area contributed by atoms with Crippen molar-refractivity contribution in [3.8, 4) is 0 Å². The molecule has 0 saturated heterocycles. The molecule has 43 heavy (non-hydrogen) atoms. The molecule has 1 aliphatic rings. The van der Waals surface area contributed by atoms with Gasteiger partial charge in [-0.3, -0.25) is 14.4 Å². The summed E-state index contributed by atoms with van der Waals surface area (Å²) in [5, 5.41) is 6.17. The molecule has 10 heteroatoms. The van der Waals surface area contributed by atoms with Gasteiger partial charge < -0.3 is 15.5 Å². The zero-order chi connectivity index (χ0) is 32.8. The fourth-order valence-corrected chi connectivity index (χ4v) is 7.39. The molecule has 0 spiro atoms. The van der Waals surface area contributed by atoms with Crippen LogP contribution in [0, 0.1) is 17.3 Å². The van der Waals surface area contributed by atoms with Gasteiger partial charge in [0.2, 0.25) is 21.8 Å². The predicted molar refractivity (Wildman–Crippen MR) is 173 cm³/mol. The number of likely N-dealkylation sites (N-methyl/N-ethyl adjacent to an activating group) is 2. The van der Waals surface area contributed by atoms with Crippen LogP contribution in [-0.2, 0) is 29.8 Å². The maximum Gasteiger partial charge on any atom is 0.260 e. The fraction of sp³-hybridized carbons (Fsp3) is 0.667. The Morgan fingerprint density at radius 1 is 1.00 bits per heavy atom. The van der Waals surface area contributed by atoms with Gasteiger partial charge >= 0.3 is 0 Å². The van der Waals surface area contributed by atoms with Gasteiger partial charge in [-0.2, -0.15) is 0 Å². The molecule has 1 saturated carbocycles. The summed E-state index contributed by atoms with van der Waals surface area (Å²) in [4.78, 5) is 42.2.